The average molecular weight is 316 g/mol. The van der Waals surface area contributed by atoms with Gasteiger partial charge in [0.05, 0.1) is 4.75 Å². The standard InChI is InChI=1S/C15H28N2O3S/c1-14(2,3)20-13(18)17-12-9-11(10-12)7-8-16-21(19)15(4,5)6/h8,11-12H,7,9-10H2,1-6H3,(H,17,18)/b16-8+/t11?,12?,21-/m0/s1. The second-order valence-corrected chi connectivity index (χ2v) is 9.50. The number of amides is 1. The van der Waals surface area contributed by atoms with Crippen LogP contribution in [0.4, 0.5) is 4.79 Å². The molecule has 122 valence electrons. The van der Waals surface area contributed by atoms with Crippen LogP contribution in [0.1, 0.15) is 60.8 Å². The molecule has 5 nitrogen and oxygen atoms in total. The monoisotopic (exact) mass is 316 g/mol. The van der Waals surface area contributed by atoms with Gasteiger partial charge in [-0.2, -0.15) is 4.40 Å². The number of alkyl carbamates (subject to hydrolysis) is 1. The number of nitrogens with zero attached hydrogens (tertiary/aromatic N) is 1. The first kappa shape index (κ1) is 18.1. The van der Waals surface area contributed by atoms with Crippen LogP contribution in [-0.2, 0) is 15.7 Å². The van der Waals surface area contributed by atoms with Crippen molar-refractivity contribution in [1.82, 2.24) is 5.32 Å². The van der Waals surface area contributed by atoms with E-state index in [9.17, 15) is 9.00 Å². The molecule has 0 aromatic rings. The van der Waals surface area contributed by atoms with Gasteiger partial charge >= 0.3 is 6.09 Å². The van der Waals surface area contributed by atoms with Gasteiger partial charge in [0, 0.05) is 12.3 Å². The number of rotatable bonds is 4. The predicted molar refractivity (Wildman–Crippen MR) is 86.9 cm³/mol. The highest BCUT2D eigenvalue weighted by molar-refractivity contribution is 7.85. The van der Waals surface area contributed by atoms with Crippen LogP contribution < -0.4 is 5.32 Å². The van der Waals surface area contributed by atoms with Gasteiger partial charge in [-0.1, -0.05) is 0 Å². The summed E-state index contributed by atoms with van der Waals surface area (Å²) in [7, 11) is -1.18. The van der Waals surface area contributed by atoms with Crippen molar-refractivity contribution in [3.63, 3.8) is 0 Å². The number of hydrogen-bond acceptors (Lipinski definition) is 3. The van der Waals surface area contributed by atoms with Crippen molar-refractivity contribution in [2.75, 3.05) is 0 Å². The van der Waals surface area contributed by atoms with Crippen LogP contribution in [0.15, 0.2) is 4.40 Å². The normalized spacial score (nSPS) is 24.5. The third-order valence-electron chi connectivity index (χ3n) is 3.09. The molecular weight excluding hydrogens is 288 g/mol. The first-order valence-corrected chi connectivity index (χ1v) is 8.52. The van der Waals surface area contributed by atoms with Gasteiger partial charge in [0.1, 0.15) is 16.6 Å². The van der Waals surface area contributed by atoms with Crippen LogP contribution in [0, 0.1) is 5.92 Å². The molecule has 0 saturated heterocycles. The molecule has 6 heteroatoms. The Morgan fingerprint density at radius 3 is 2.33 bits per heavy atom. The Kier molecular flexibility index (Phi) is 5.96. The maximum absolute atomic E-state index is 11.7. The Hall–Kier alpha value is -0.910. The zero-order chi connectivity index (χ0) is 16.3. The SMILES string of the molecule is CC(C)(C)OC(=O)NC1CC(C/C=N/[S@@](=O)C(C)(C)C)C1. The molecule has 0 aromatic carbocycles. The number of nitrogens with one attached hydrogen (secondary N) is 1. The summed E-state index contributed by atoms with van der Waals surface area (Å²) in [6, 6.07) is 0.186. The molecule has 0 unspecified atom stereocenters. The van der Waals surface area contributed by atoms with Crippen molar-refractivity contribution in [3.8, 4) is 0 Å². The molecule has 1 fully saturated rings. The third-order valence-corrected chi connectivity index (χ3v) is 4.48. The maximum atomic E-state index is 11.7. The fourth-order valence-corrected chi connectivity index (χ4v) is 2.48. The largest absolute Gasteiger partial charge is 0.444 e. The summed E-state index contributed by atoms with van der Waals surface area (Å²) >= 11 is 0. The van der Waals surface area contributed by atoms with Crippen molar-refractivity contribution in [2.24, 2.45) is 10.3 Å². The van der Waals surface area contributed by atoms with Gasteiger partial charge in [-0.25, -0.2) is 9.00 Å². The lowest BCUT2D eigenvalue weighted by molar-refractivity contribution is 0.0455. The molecule has 1 N–H and O–H groups in total. The van der Waals surface area contributed by atoms with E-state index in [1.165, 1.54) is 0 Å². The minimum absolute atomic E-state index is 0.186. The van der Waals surface area contributed by atoms with E-state index < -0.39 is 16.6 Å². The van der Waals surface area contributed by atoms with Crippen LogP contribution in [0.5, 0.6) is 0 Å². The quantitative estimate of drug-likeness (QED) is 0.810. The zero-order valence-electron chi connectivity index (χ0n) is 13.9. The van der Waals surface area contributed by atoms with Crippen molar-refractivity contribution in [2.45, 2.75) is 77.2 Å². The topological polar surface area (TPSA) is 67.8 Å². The molecule has 0 bridgehead atoms. The van der Waals surface area contributed by atoms with Gasteiger partial charge in [0.2, 0.25) is 0 Å². The van der Waals surface area contributed by atoms with Crippen LogP contribution >= 0.6 is 0 Å². The smallest absolute Gasteiger partial charge is 0.407 e. The van der Waals surface area contributed by atoms with E-state index in [-0.39, 0.29) is 16.9 Å². The summed E-state index contributed by atoms with van der Waals surface area (Å²) in [4.78, 5) is 11.6. The Morgan fingerprint density at radius 2 is 1.86 bits per heavy atom. The molecule has 0 radical (unpaired) electrons. The average Bonchev–Trinajstić information content (AvgIpc) is 2.21. The highest BCUT2D eigenvalue weighted by Crippen LogP contribution is 2.30. The van der Waals surface area contributed by atoms with Crippen molar-refractivity contribution >= 4 is 23.3 Å². The third kappa shape index (κ3) is 7.07. The van der Waals surface area contributed by atoms with Gasteiger partial charge in [-0.05, 0) is 66.7 Å². The van der Waals surface area contributed by atoms with Crippen molar-refractivity contribution in [3.05, 3.63) is 0 Å². The number of hydrogen-bond donors (Lipinski definition) is 1. The minimum atomic E-state index is -1.18. The second-order valence-electron chi connectivity index (χ2n) is 7.57. The fraction of sp³-hybridized carbons (Fsp3) is 0.867. The molecule has 1 atom stereocenters. The Morgan fingerprint density at radius 1 is 1.29 bits per heavy atom. The lowest BCUT2D eigenvalue weighted by Crippen LogP contribution is -2.46. The summed E-state index contributed by atoms with van der Waals surface area (Å²) in [6.07, 6.45) is 4.07. The highest BCUT2D eigenvalue weighted by Gasteiger charge is 2.31. The molecule has 1 rings (SSSR count). The van der Waals surface area contributed by atoms with Gasteiger partial charge in [-0.3, -0.25) is 0 Å². The van der Waals surface area contributed by atoms with E-state index in [1.807, 2.05) is 41.5 Å². The summed E-state index contributed by atoms with van der Waals surface area (Å²) in [5.41, 5.74) is -0.461. The van der Waals surface area contributed by atoms with Crippen LogP contribution in [0.3, 0.4) is 0 Å². The number of carbonyl (C=O) groups excluding carboxylic acids is 1. The first-order chi connectivity index (χ1) is 9.47. The van der Waals surface area contributed by atoms with Crippen LogP contribution in [-0.4, -0.2) is 32.9 Å². The lowest BCUT2D eigenvalue weighted by atomic mass is 9.78. The molecule has 0 aliphatic heterocycles. The van der Waals surface area contributed by atoms with Gasteiger partial charge < -0.3 is 10.1 Å². The number of carbonyl (C=O) groups is 1. The molecule has 1 saturated carbocycles. The van der Waals surface area contributed by atoms with Crippen molar-refractivity contribution < 1.29 is 13.7 Å². The number of ether oxygens (including phenoxy) is 1. The molecule has 0 spiro atoms. The van der Waals surface area contributed by atoms with Gasteiger partial charge in [0.25, 0.3) is 0 Å². The Labute approximate surface area is 130 Å². The van der Waals surface area contributed by atoms with Crippen LogP contribution in [0.25, 0.3) is 0 Å². The van der Waals surface area contributed by atoms with E-state index >= 15 is 0 Å². The molecule has 0 heterocycles. The van der Waals surface area contributed by atoms with E-state index in [4.69, 9.17) is 4.74 Å². The predicted octanol–water partition coefficient (Wildman–Crippen LogP) is 3.21. The molecule has 0 aromatic heterocycles. The summed E-state index contributed by atoms with van der Waals surface area (Å²) in [5, 5.41) is 2.86. The van der Waals surface area contributed by atoms with Gasteiger partial charge in [0.15, 0.2) is 0 Å². The molecule has 21 heavy (non-hydrogen) atoms. The highest BCUT2D eigenvalue weighted by atomic mass is 32.2. The zero-order valence-corrected chi connectivity index (χ0v) is 14.8. The molecular formula is C15H28N2O3S. The fourth-order valence-electron chi connectivity index (χ4n) is 1.94. The maximum Gasteiger partial charge on any atom is 0.407 e. The Balaban J connectivity index is 2.21. The van der Waals surface area contributed by atoms with E-state index in [1.54, 1.807) is 6.21 Å². The van der Waals surface area contributed by atoms with E-state index in [0.29, 0.717) is 5.92 Å². The van der Waals surface area contributed by atoms with Gasteiger partial charge in [-0.15, -0.1) is 0 Å². The minimum Gasteiger partial charge on any atom is -0.444 e. The lowest BCUT2D eigenvalue weighted by Gasteiger charge is -2.35. The van der Waals surface area contributed by atoms with E-state index in [0.717, 1.165) is 19.3 Å². The second kappa shape index (κ2) is 6.90. The summed E-state index contributed by atoms with van der Waals surface area (Å²) in [5.74, 6) is 0.505. The molecule has 1 aliphatic carbocycles. The first-order valence-electron chi connectivity index (χ1n) is 7.41. The van der Waals surface area contributed by atoms with Crippen LogP contribution in [0.2, 0.25) is 0 Å². The molecule has 1 aliphatic rings. The van der Waals surface area contributed by atoms with Crippen molar-refractivity contribution in [1.29, 1.82) is 0 Å². The van der Waals surface area contributed by atoms with E-state index in [2.05, 4.69) is 9.71 Å². The molecule has 1 amide bonds. The summed E-state index contributed by atoms with van der Waals surface area (Å²) < 4.78 is 20.7. The summed E-state index contributed by atoms with van der Waals surface area (Å²) in [6.45, 7) is 11.3. The Bertz CT molecular complexity index is 416.